The van der Waals surface area contributed by atoms with Gasteiger partial charge in [0.25, 0.3) is 0 Å². The molecule has 3 heteroatoms. The molecule has 0 aromatic heterocycles. The van der Waals surface area contributed by atoms with Crippen LogP contribution in [0.5, 0.6) is 0 Å². The summed E-state index contributed by atoms with van der Waals surface area (Å²) in [6.07, 6.45) is 0.280. The van der Waals surface area contributed by atoms with Crippen LogP contribution in [0.4, 0.5) is 0 Å². The number of nitrogens with one attached hydrogen (secondary N) is 1. The largest absolute Gasteiger partial charge is 0.373 e. The monoisotopic (exact) mass is 227 g/mol. The molecule has 0 saturated carbocycles. The topological polar surface area (TPSA) is 21.3 Å². The molecule has 1 aliphatic rings. The number of ether oxygens (including phenoxy) is 1. The van der Waals surface area contributed by atoms with E-state index >= 15 is 0 Å². The smallest absolute Gasteiger partial charge is 0.0877 e. The molecule has 1 aliphatic heterocycles. The lowest BCUT2D eigenvalue weighted by Crippen LogP contribution is -2.45. The van der Waals surface area contributed by atoms with Crippen molar-refractivity contribution in [3.8, 4) is 0 Å². The summed E-state index contributed by atoms with van der Waals surface area (Å²) in [6.45, 7) is 5.01. The second-order valence-corrected chi connectivity index (χ2v) is 3.70. The highest BCUT2D eigenvalue weighted by Gasteiger charge is 2.28. The van der Waals surface area contributed by atoms with Gasteiger partial charge in [0.05, 0.1) is 6.10 Å². The van der Waals surface area contributed by atoms with Crippen molar-refractivity contribution in [1.82, 2.24) is 5.32 Å². The molecule has 1 heterocycles. The van der Waals surface area contributed by atoms with Crippen molar-refractivity contribution in [3.05, 3.63) is 35.9 Å². The summed E-state index contributed by atoms with van der Waals surface area (Å²) in [4.78, 5) is 0. The molecule has 1 atom stereocenters. The summed E-state index contributed by atoms with van der Waals surface area (Å²) in [7, 11) is 0. The van der Waals surface area contributed by atoms with Crippen LogP contribution in [0.25, 0.3) is 0 Å². The van der Waals surface area contributed by atoms with Crippen LogP contribution in [0.15, 0.2) is 30.3 Å². The quantitative estimate of drug-likeness (QED) is 0.853. The van der Waals surface area contributed by atoms with E-state index in [1.807, 2.05) is 6.07 Å². The van der Waals surface area contributed by atoms with Crippen molar-refractivity contribution in [2.24, 2.45) is 5.92 Å². The van der Waals surface area contributed by atoms with Crippen LogP contribution in [0.2, 0.25) is 0 Å². The van der Waals surface area contributed by atoms with E-state index in [1.165, 1.54) is 5.56 Å². The molecule has 0 unspecified atom stereocenters. The van der Waals surface area contributed by atoms with Crippen LogP contribution in [-0.2, 0) is 4.74 Å². The summed E-state index contributed by atoms with van der Waals surface area (Å²) >= 11 is 0. The third-order valence-corrected chi connectivity index (χ3v) is 2.72. The maximum atomic E-state index is 5.79. The Balaban J connectivity index is 0.00000112. The van der Waals surface area contributed by atoms with E-state index in [4.69, 9.17) is 4.74 Å². The molecule has 1 N–H and O–H groups in total. The van der Waals surface area contributed by atoms with E-state index in [0.29, 0.717) is 5.92 Å². The normalized spacial score (nSPS) is 17.7. The third kappa shape index (κ3) is 2.94. The molecular weight excluding hydrogens is 210 g/mol. The summed E-state index contributed by atoms with van der Waals surface area (Å²) < 4.78 is 5.79. The fraction of sp³-hybridized carbons (Fsp3) is 0.500. The molecule has 1 aromatic rings. The van der Waals surface area contributed by atoms with Gasteiger partial charge in [-0.3, -0.25) is 0 Å². The Bertz CT molecular complexity index is 274. The lowest BCUT2D eigenvalue weighted by atomic mass is 9.91. The Kier molecular flexibility index (Phi) is 5.09. The second-order valence-electron chi connectivity index (χ2n) is 3.70. The van der Waals surface area contributed by atoms with Crippen LogP contribution >= 0.6 is 12.4 Å². The first kappa shape index (κ1) is 12.5. The Morgan fingerprint density at radius 3 is 2.47 bits per heavy atom. The molecule has 1 fully saturated rings. The van der Waals surface area contributed by atoms with E-state index in [1.54, 1.807) is 0 Å². The molecule has 2 nitrogen and oxygen atoms in total. The van der Waals surface area contributed by atoms with Gasteiger partial charge in [0.1, 0.15) is 0 Å². The van der Waals surface area contributed by atoms with E-state index in [9.17, 15) is 0 Å². The van der Waals surface area contributed by atoms with Crippen molar-refractivity contribution >= 4 is 12.4 Å². The molecule has 0 radical (unpaired) electrons. The van der Waals surface area contributed by atoms with Gasteiger partial charge >= 0.3 is 0 Å². The highest BCUT2D eigenvalue weighted by molar-refractivity contribution is 5.85. The Hall–Kier alpha value is -0.570. The molecule has 0 bridgehead atoms. The molecule has 1 saturated heterocycles. The van der Waals surface area contributed by atoms with Crippen molar-refractivity contribution in [2.75, 3.05) is 19.7 Å². The maximum absolute atomic E-state index is 5.79. The van der Waals surface area contributed by atoms with Gasteiger partial charge in [-0.15, -0.1) is 12.4 Å². The van der Waals surface area contributed by atoms with Gasteiger partial charge in [-0.05, 0) is 12.5 Å². The van der Waals surface area contributed by atoms with Crippen molar-refractivity contribution in [1.29, 1.82) is 0 Å². The minimum Gasteiger partial charge on any atom is -0.373 e. The zero-order valence-corrected chi connectivity index (χ0v) is 9.80. The molecule has 84 valence electrons. The number of hydrogen-bond donors (Lipinski definition) is 1. The summed E-state index contributed by atoms with van der Waals surface area (Å²) in [6, 6.07) is 10.5. The van der Waals surface area contributed by atoms with Gasteiger partial charge in [0, 0.05) is 25.6 Å². The summed E-state index contributed by atoms with van der Waals surface area (Å²) in [5.74, 6) is 0.650. The first-order valence-electron chi connectivity index (χ1n) is 5.29. The number of benzene rings is 1. The standard InChI is InChI=1S/C12H17NO.ClH/c1-2-14-12(11-8-13-9-11)10-6-4-3-5-7-10;/h3-7,11-13H,2,8-9H2,1H3;1H/t12-;/m0./s1. The number of halogens is 1. The van der Waals surface area contributed by atoms with Gasteiger partial charge in [-0.1, -0.05) is 30.3 Å². The van der Waals surface area contributed by atoms with E-state index in [0.717, 1.165) is 19.7 Å². The number of rotatable bonds is 4. The highest BCUT2D eigenvalue weighted by atomic mass is 35.5. The molecule has 0 aliphatic carbocycles. The zero-order valence-electron chi connectivity index (χ0n) is 8.98. The van der Waals surface area contributed by atoms with Gasteiger partial charge in [0.15, 0.2) is 0 Å². The fourth-order valence-electron chi connectivity index (χ4n) is 1.85. The second kappa shape index (κ2) is 6.11. The number of hydrogen-bond acceptors (Lipinski definition) is 2. The van der Waals surface area contributed by atoms with E-state index < -0.39 is 0 Å². The lowest BCUT2D eigenvalue weighted by molar-refractivity contribution is 0.000435. The molecule has 15 heavy (non-hydrogen) atoms. The van der Waals surface area contributed by atoms with Crippen LogP contribution in [-0.4, -0.2) is 19.7 Å². The maximum Gasteiger partial charge on any atom is 0.0877 e. The van der Waals surface area contributed by atoms with Crippen molar-refractivity contribution in [3.63, 3.8) is 0 Å². The van der Waals surface area contributed by atoms with Crippen LogP contribution in [0, 0.1) is 5.92 Å². The predicted molar refractivity (Wildman–Crippen MR) is 64.4 cm³/mol. The molecular formula is C12H18ClNO. The zero-order chi connectivity index (χ0) is 9.80. The Morgan fingerprint density at radius 2 is 2.00 bits per heavy atom. The predicted octanol–water partition coefficient (Wildman–Crippen LogP) is 2.41. The van der Waals surface area contributed by atoms with Gasteiger partial charge < -0.3 is 10.1 Å². The van der Waals surface area contributed by atoms with Crippen molar-refractivity contribution < 1.29 is 4.74 Å². The van der Waals surface area contributed by atoms with Crippen LogP contribution in [0.1, 0.15) is 18.6 Å². The van der Waals surface area contributed by atoms with Gasteiger partial charge in [-0.25, -0.2) is 0 Å². The fourth-order valence-corrected chi connectivity index (χ4v) is 1.85. The summed E-state index contributed by atoms with van der Waals surface area (Å²) in [5, 5.41) is 3.29. The Morgan fingerprint density at radius 1 is 1.33 bits per heavy atom. The molecule has 0 amide bonds. The van der Waals surface area contributed by atoms with Gasteiger partial charge in [0.2, 0.25) is 0 Å². The average molecular weight is 228 g/mol. The minimum absolute atomic E-state index is 0. The first-order chi connectivity index (χ1) is 6.92. The lowest BCUT2D eigenvalue weighted by Gasteiger charge is -2.34. The van der Waals surface area contributed by atoms with Crippen molar-refractivity contribution in [2.45, 2.75) is 13.0 Å². The highest BCUT2D eigenvalue weighted by Crippen LogP contribution is 2.28. The van der Waals surface area contributed by atoms with E-state index in [2.05, 4.69) is 36.5 Å². The minimum atomic E-state index is 0. The molecule has 0 spiro atoms. The third-order valence-electron chi connectivity index (χ3n) is 2.72. The molecule has 1 aromatic carbocycles. The SMILES string of the molecule is CCO[C@@H](c1ccccc1)C1CNC1.Cl. The average Bonchev–Trinajstić information content (AvgIpc) is 2.16. The van der Waals surface area contributed by atoms with Crippen LogP contribution in [0.3, 0.4) is 0 Å². The summed E-state index contributed by atoms with van der Waals surface area (Å²) in [5.41, 5.74) is 1.31. The first-order valence-corrected chi connectivity index (χ1v) is 5.29. The Labute approximate surface area is 97.4 Å². The van der Waals surface area contributed by atoms with Gasteiger partial charge in [-0.2, -0.15) is 0 Å². The van der Waals surface area contributed by atoms with Crippen LogP contribution < -0.4 is 5.32 Å². The van der Waals surface area contributed by atoms with E-state index in [-0.39, 0.29) is 18.5 Å². The molecule has 2 rings (SSSR count).